The zero-order valence-corrected chi connectivity index (χ0v) is 12.6. The van der Waals surface area contributed by atoms with Gasteiger partial charge in [0.05, 0.1) is 19.8 Å². The molecule has 2 rings (SSSR count). The Hall–Kier alpha value is -1.46. The minimum atomic E-state index is -0.109. The summed E-state index contributed by atoms with van der Waals surface area (Å²) in [6.45, 7) is 1.89. The van der Waals surface area contributed by atoms with E-state index in [1.54, 1.807) is 32.4 Å². The quantitative estimate of drug-likeness (QED) is 0.887. The molecule has 6 heteroatoms. The lowest BCUT2D eigenvalue weighted by atomic mass is 10.1. The van der Waals surface area contributed by atoms with Crippen molar-refractivity contribution in [3.8, 4) is 11.5 Å². The minimum Gasteiger partial charge on any atom is -0.493 e. The van der Waals surface area contributed by atoms with Crippen LogP contribution in [0.3, 0.4) is 0 Å². The summed E-state index contributed by atoms with van der Waals surface area (Å²) in [6, 6.07) is 5.54. The van der Waals surface area contributed by atoms with Gasteiger partial charge in [0.1, 0.15) is 0 Å². The standard InChI is InChI=1S/C14H20N2O3.ClH/c1-18-12-5-3-4-11(13(12)19-2)14(17)16-10-6-8-15-9-7-10;/h3-5,10,15H,6-9H2,1-2H3,(H,16,17);1H. The summed E-state index contributed by atoms with van der Waals surface area (Å²) < 4.78 is 10.5. The number of amides is 1. The number of methoxy groups -OCH3 is 2. The second-order valence-electron chi connectivity index (χ2n) is 4.54. The van der Waals surface area contributed by atoms with Crippen LogP contribution >= 0.6 is 12.4 Å². The largest absolute Gasteiger partial charge is 0.493 e. The average Bonchev–Trinajstić information content (AvgIpc) is 2.47. The highest BCUT2D eigenvalue weighted by molar-refractivity contribution is 5.98. The van der Waals surface area contributed by atoms with Gasteiger partial charge in [-0.1, -0.05) is 6.07 Å². The Labute approximate surface area is 125 Å². The molecule has 0 unspecified atom stereocenters. The predicted octanol–water partition coefficient (Wildman–Crippen LogP) is 1.61. The predicted molar refractivity (Wildman–Crippen MR) is 80.2 cm³/mol. The van der Waals surface area contributed by atoms with Gasteiger partial charge in [0.25, 0.3) is 5.91 Å². The molecule has 1 amide bonds. The molecule has 1 saturated heterocycles. The van der Waals surface area contributed by atoms with E-state index >= 15 is 0 Å². The lowest BCUT2D eigenvalue weighted by Crippen LogP contribution is -2.42. The van der Waals surface area contributed by atoms with E-state index < -0.39 is 0 Å². The van der Waals surface area contributed by atoms with Crippen molar-refractivity contribution in [3.05, 3.63) is 23.8 Å². The Kier molecular flexibility index (Phi) is 6.61. The molecule has 0 spiro atoms. The Morgan fingerprint density at radius 3 is 2.55 bits per heavy atom. The number of carbonyl (C=O) groups excluding carboxylic acids is 1. The van der Waals surface area contributed by atoms with Crippen molar-refractivity contribution >= 4 is 18.3 Å². The summed E-state index contributed by atoms with van der Waals surface area (Å²) in [7, 11) is 3.10. The van der Waals surface area contributed by atoms with Crippen molar-refractivity contribution in [2.24, 2.45) is 0 Å². The van der Waals surface area contributed by atoms with Crippen molar-refractivity contribution in [1.29, 1.82) is 0 Å². The van der Waals surface area contributed by atoms with Crippen molar-refractivity contribution in [2.45, 2.75) is 18.9 Å². The second-order valence-corrected chi connectivity index (χ2v) is 4.54. The number of piperidine rings is 1. The first-order valence-corrected chi connectivity index (χ1v) is 6.49. The first kappa shape index (κ1) is 16.6. The minimum absolute atomic E-state index is 0. The summed E-state index contributed by atoms with van der Waals surface area (Å²) in [5.74, 6) is 0.944. The Morgan fingerprint density at radius 2 is 1.95 bits per heavy atom. The molecule has 1 aliphatic rings. The highest BCUT2D eigenvalue weighted by atomic mass is 35.5. The van der Waals surface area contributed by atoms with Crippen LogP contribution in [0.4, 0.5) is 0 Å². The second kappa shape index (κ2) is 7.97. The molecule has 0 saturated carbocycles. The number of hydrogen-bond acceptors (Lipinski definition) is 4. The Bertz CT molecular complexity index is 448. The van der Waals surface area contributed by atoms with E-state index in [0.29, 0.717) is 17.1 Å². The van der Waals surface area contributed by atoms with E-state index in [1.165, 1.54) is 0 Å². The molecular formula is C14H21ClN2O3. The molecule has 1 fully saturated rings. The van der Waals surface area contributed by atoms with E-state index in [4.69, 9.17) is 9.47 Å². The van der Waals surface area contributed by atoms with Crippen LogP contribution in [0.1, 0.15) is 23.2 Å². The molecule has 0 aromatic heterocycles. The number of carbonyl (C=O) groups is 1. The summed E-state index contributed by atoms with van der Waals surface area (Å²) in [6.07, 6.45) is 1.91. The van der Waals surface area contributed by atoms with Crippen LogP contribution < -0.4 is 20.1 Å². The smallest absolute Gasteiger partial charge is 0.255 e. The van der Waals surface area contributed by atoms with E-state index in [2.05, 4.69) is 10.6 Å². The van der Waals surface area contributed by atoms with Crippen LogP contribution in [-0.2, 0) is 0 Å². The first-order chi connectivity index (χ1) is 9.26. The number of ether oxygens (including phenoxy) is 2. The van der Waals surface area contributed by atoms with Gasteiger partial charge in [-0.15, -0.1) is 12.4 Å². The van der Waals surface area contributed by atoms with Gasteiger partial charge in [-0.3, -0.25) is 4.79 Å². The van der Waals surface area contributed by atoms with Gasteiger partial charge >= 0.3 is 0 Å². The van der Waals surface area contributed by atoms with Gasteiger partial charge in [0.15, 0.2) is 11.5 Å². The van der Waals surface area contributed by atoms with Crippen LogP contribution in [0.2, 0.25) is 0 Å². The van der Waals surface area contributed by atoms with Crippen molar-refractivity contribution in [3.63, 3.8) is 0 Å². The van der Waals surface area contributed by atoms with Gasteiger partial charge in [-0.05, 0) is 38.1 Å². The fourth-order valence-corrected chi connectivity index (χ4v) is 2.30. The maximum absolute atomic E-state index is 12.3. The van der Waals surface area contributed by atoms with Crippen LogP contribution in [0.25, 0.3) is 0 Å². The van der Waals surface area contributed by atoms with Crippen molar-refractivity contribution in [1.82, 2.24) is 10.6 Å². The molecule has 0 aliphatic carbocycles. The van der Waals surface area contributed by atoms with Crippen molar-refractivity contribution < 1.29 is 14.3 Å². The number of hydrogen-bond donors (Lipinski definition) is 2. The monoisotopic (exact) mass is 300 g/mol. The molecule has 2 N–H and O–H groups in total. The molecular weight excluding hydrogens is 280 g/mol. The molecule has 1 aromatic rings. The number of benzene rings is 1. The van der Waals surface area contributed by atoms with Crippen LogP contribution in [-0.4, -0.2) is 39.3 Å². The van der Waals surface area contributed by atoms with Gasteiger partial charge in [-0.25, -0.2) is 0 Å². The van der Waals surface area contributed by atoms with Gasteiger partial charge in [0, 0.05) is 6.04 Å². The van der Waals surface area contributed by atoms with Crippen LogP contribution in [0.5, 0.6) is 11.5 Å². The highest BCUT2D eigenvalue weighted by Crippen LogP contribution is 2.30. The third-order valence-corrected chi connectivity index (χ3v) is 3.32. The lowest BCUT2D eigenvalue weighted by Gasteiger charge is -2.24. The summed E-state index contributed by atoms with van der Waals surface area (Å²) in [4.78, 5) is 12.3. The molecule has 112 valence electrons. The van der Waals surface area contributed by atoms with E-state index in [-0.39, 0.29) is 24.4 Å². The first-order valence-electron chi connectivity index (χ1n) is 6.49. The molecule has 5 nitrogen and oxygen atoms in total. The maximum Gasteiger partial charge on any atom is 0.255 e. The molecule has 0 atom stereocenters. The fourth-order valence-electron chi connectivity index (χ4n) is 2.30. The van der Waals surface area contributed by atoms with E-state index in [1.807, 2.05) is 0 Å². The van der Waals surface area contributed by atoms with E-state index in [9.17, 15) is 4.79 Å². The SMILES string of the molecule is COc1cccc(C(=O)NC2CCNCC2)c1OC.Cl. The summed E-state index contributed by atoms with van der Waals surface area (Å²) in [5.41, 5.74) is 0.514. The zero-order valence-electron chi connectivity index (χ0n) is 11.8. The highest BCUT2D eigenvalue weighted by Gasteiger charge is 2.20. The fraction of sp³-hybridized carbons (Fsp3) is 0.500. The molecule has 0 bridgehead atoms. The Balaban J connectivity index is 0.00000200. The van der Waals surface area contributed by atoms with Crippen LogP contribution in [0.15, 0.2) is 18.2 Å². The number of nitrogens with one attached hydrogen (secondary N) is 2. The molecule has 0 radical (unpaired) electrons. The van der Waals surface area contributed by atoms with Gasteiger partial charge < -0.3 is 20.1 Å². The Morgan fingerprint density at radius 1 is 1.25 bits per heavy atom. The number of para-hydroxylation sites is 1. The summed E-state index contributed by atoms with van der Waals surface area (Å²) >= 11 is 0. The number of rotatable bonds is 4. The topological polar surface area (TPSA) is 59.6 Å². The molecule has 1 aromatic carbocycles. The maximum atomic E-state index is 12.3. The summed E-state index contributed by atoms with van der Waals surface area (Å²) in [5, 5.41) is 6.32. The van der Waals surface area contributed by atoms with Crippen LogP contribution in [0, 0.1) is 0 Å². The van der Waals surface area contributed by atoms with Crippen molar-refractivity contribution in [2.75, 3.05) is 27.3 Å². The molecule has 1 aliphatic heterocycles. The third kappa shape index (κ3) is 3.77. The average molecular weight is 301 g/mol. The number of halogens is 1. The molecule has 1 heterocycles. The molecule has 20 heavy (non-hydrogen) atoms. The lowest BCUT2D eigenvalue weighted by molar-refractivity contribution is 0.0926. The third-order valence-electron chi connectivity index (χ3n) is 3.32. The van der Waals surface area contributed by atoms with Gasteiger partial charge in [0.2, 0.25) is 0 Å². The zero-order chi connectivity index (χ0) is 13.7. The van der Waals surface area contributed by atoms with Gasteiger partial charge in [-0.2, -0.15) is 0 Å². The van der Waals surface area contributed by atoms with E-state index in [0.717, 1.165) is 25.9 Å². The normalized spacial score (nSPS) is 15.1.